The van der Waals surface area contributed by atoms with Crippen molar-refractivity contribution in [3.63, 3.8) is 0 Å². The van der Waals surface area contributed by atoms with Crippen molar-refractivity contribution in [3.05, 3.63) is 34.3 Å². The van der Waals surface area contributed by atoms with Gasteiger partial charge in [-0.15, -0.1) is 0 Å². The first-order valence-electron chi connectivity index (χ1n) is 6.77. The van der Waals surface area contributed by atoms with Crippen molar-refractivity contribution in [1.82, 2.24) is 9.80 Å². The summed E-state index contributed by atoms with van der Waals surface area (Å²) < 4.78 is 1.10. The van der Waals surface area contributed by atoms with E-state index in [1.807, 2.05) is 0 Å². The molecule has 0 saturated carbocycles. The molecule has 1 aromatic rings. The van der Waals surface area contributed by atoms with Crippen LogP contribution < -0.4 is 5.73 Å². The van der Waals surface area contributed by atoms with Crippen LogP contribution in [0.2, 0.25) is 0 Å². The summed E-state index contributed by atoms with van der Waals surface area (Å²) in [5, 5.41) is 8.96. The van der Waals surface area contributed by atoms with Crippen LogP contribution in [-0.2, 0) is 0 Å². The van der Waals surface area contributed by atoms with Crippen LogP contribution in [0.1, 0.15) is 11.6 Å². The molecule has 0 aromatic heterocycles. The standard InChI is InChI=1S/C14H22BrN3O/c15-13-3-1-12(2-4-13)14(11-16)18-7-5-17(6-8-18)9-10-19/h1-4,14,19H,5-11,16H2. The third-order valence-electron chi connectivity index (χ3n) is 3.74. The van der Waals surface area contributed by atoms with Crippen LogP contribution in [-0.4, -0.2) is 60.8 Å². The summed E-state index contributed by atoms with van der Waals surface area (Å²) in [5.41, 5.74) is 7.24. The van der Waals surface area contributed by atoms with Crippen molar-refractivity contribution >= 4 is 15.9 Å². The number of hydrogen-bond donors (Lipinski definition) is 2. The van der Waals surface area contributed by atoms with Gasteiger partial charge in [0.05, 0.1) is 6.61 Å². The lowest BCUT2D eigenvalue weighted by molar-refractivity contribution is 0.0857. The van der Waals surface area contributed by atoms with Gasteiger partial charge in [0.25, 0.3) is 0 Å². The molecular formula is C14H22BrN3O. The number of rotatable bonds is 5. The minimum atomic E-state index is 0.243. The minimum Gasteiger partial charge on any atom is -0.395 e. The first-order valence-corrected chi connectivity index (χ1v) is 7.56. The maximum atomic E-state index is 8.96. The van der Waals surface area contributed by atoms with E-state index in [9.17, 15) is 0 Å². The third-order valence-corrected chi connectivity index (χ3v) is 4.27. The molecule has 1 aromatic carbocycles. The van der Waals surface area contributed by atoms with Crippen molar-refractivity contribution in [2.75, 3.05) is 45.9 Å². The van der Waals surface area contributed by atoms with Gasteiger partial charge in [-0.2, -0.15) is 0 Å². The summed E-state index contributed by atoms with van der Waals surface area (Å²) in [6.45, 7) is 5.70. The first kappa shape index (κ1) is 14.9. The summed E-state index contributed by atoms with van der Waals surface area (Å²) in [5.74, 6) is 0. The molecule has 1 aliphatic rings. The summed E-state index contributed by atoms with van der Waals surface area (Å²) in [4.78, 5) is 4.74. The predicted molar refractivity (Wildman–Crippen MR) is 81.0 cm³/mol. The number of nitrogens with zero attached hydrogens (tertiary/aromatic N) is 2. The molecule has 0 bridgehead atoms. The smallest absolute Gasteiger partial charge is 0.0558 e. The molecule has 1 saturated heterocycles. The number of benzene rings is 1. The largest absolute Gasteiger partial charge is 0.395 e. The lowest BCUT2D eigenvalue weighted by atomic mass is 10.0. The van der Waals surface area contributed by atoms with Gasteiger partial charge in [0.15, 0.2) is 0 Å². The molecule has 1 heterocycles. The lowest BCUT2D eigenvalue weighted by Crippen LogP contribution is -2.49. The zero-order valence-electron chi connectivity index (χ0n) is 11.1. The Balaban J connectivity index is 1.97. The van der Waals surface area contributed by atoms with Crippen molar-refractivity contribution in [3.8, 4) is 0 Å². The third kappa shape index (κ3) is 4.00. The van der Waals surface area contributed by atoms with Crippen LogP contribution in [0, 0.1) is 0 Å². The molecule has 0 radical (unpaired) electrons. The highest BCUT2D eigenvalue weighted by Gasteiger charge is 2.23. The van der Waals surface area contributed by atoms with E-state index in [4.69, 9.17) is 10.8 Å². The minimum absolute atomic E-state index is 0.243. The molecule has 0 spiro atoms. The fourth-order valence-electron chi connectivity index (χ4n) is 2.62. The molecule has 1 unspecified atom stereocenters. The molecule has 106 valence electrons. The number of hydrogen-bond acceptors (Lipinski definition) is 4. The Hall–Kier alpha value is -0.460. The maximum Gasteiger partial charge on any atom is 0.0558 e. The average molecular weight is 328 g/mol. The highest BCUT2D eigenvalue weighted by Crippen LogP contribution is 2.22. The topological polar surface area (TPSA) is 52.7 Å². The molecule has 1 atom stereocenters. The number of piperazine rings is 1. The van der Waals surface area contributed by atoms with Crippen LogP contribution >= 0.6 is 15.9 Å². The molecule has 0 aliphatic carbocycles. The molecule has 3 N–H and O–H groups in total. The fraction of sp³-hybridized carbons (Fsp3) is 0.571. The van der Waals surface area contributed by atoms with E-state index in [0.717, 1.165) is 37.2 Å². The number of β-amino-alcohol motifs (C(OH)–C–C–N with tert-alkyl or cyclic N) is 1. The van der Waals surface area contributed by atoms with Crippen LogP contribution in [0.15, 0.2) is 28.7 Å². The Bertz CT molecular complexity index is 377. The van der Waals surface area contributed by atoms with Crippen LogP contribution in [0.5, 0.6) is 0 Å². The Morgan fingerprint density at radius 3 is 2.32 bits per heavy atom. The zero-order valence-corrected chi connectivity index (χ0v) is 12.7. The lowest BCUT2D eigenvalue weighted by Gasteiger charge is -2.39. The fourth-order valence-corrected chi connectivity index (χ4v) is 2.89. The van der Waals surface area contributed by atoms with Crippen molar-refractivity contribution in [1.29, 1.82) is 0 Å². The number of aliphatic hydroxyl groups excluding tert-OH is 1. The van der Waals surface area contributed by atoms with E-state index in [-0.39, 0.29) is 6.61 Å². The first-order chi connectivity index (χ1) is 9.24. The zero-order chi connectivity index (χ0) is 13.7. The van der Waals surface area contributed by atoms with E-state index >= 15 is 0 Å². The van der Waals surface area contributed by atoms with E-state index in [2.05, 4.69) is 50.0 Å². The molecule has 1 fully saturated rings. The van der Waals surface area contributed by atoms with Gasteiger partial charge >= 0.3 is 0 Å². The van der Waals surface area contributed by atoms with E-state index in [1.54, 1.807) is 0 Å². The summed E-state index contributed by atoms with van der Waals surface area (Å²) >= 11 is 3.46. The van der Waals surface area contributed by atoms with Gasteiger partial charge in [-0.25, -0.2) is 0 Å². The molecule has 4 nitrogen and oxygen atoms in total. The molecule has 5 heteroatoms. The summed E-state index contributed by atoms with van der Waals surface area (Å²) in [7, 11) is 0. The second-order valence-corrected chi connectivity index (χ2v) is 5.82. The molecule has 2 rings (SSSR count). The number of aliphatic hydroxyl groups is 1. The Kier molecular flexibility index (Phi) is 5.78. The second-order valence-electron chi connectivity index (χ2n) is 4.90. The maximum absolute atomic E-state index is 8.96. The second kappa shape index (κ2) is 7.36. The van der Waals surface area contributed by atoms with Gasteiger partial charge < -0.3 is 10.8 Å². The van der Waals surface area contributed by atoms with Crippen molar-refractivity contribution in [2.45, 2.75) is 6.04 Å². The Labute approximate surface area is 123 Å². The van der Waals surface area contributed by atoms with E-state index in [1.165, 1.54) is 5.56 Å². The molecule has 19 heavy (non-hydrogen) atoms. The molecule has 0 amide bonds. The van der Waals surface area contributed by atoms with Crippen LogP contribution in [0.3, 0.4) is 0 Å². The van der Waals surface area contributed by atoms with Crippen LogP contribution in [0.25, 0.3) is 0 Å². The summed E-state index contributed by atoms with van der Waals surface area (Å²) in [6.07, 6.45) is 0. The summed E-state index contributed by atoms with van der Waals surface area (Å²) in [6, 6.07) is 8.72. The quantitative estimate of drug-likeness (QED) is 0.849. The van der Waals surface area contributed by atoms with Crippen molar-refractivity contribution < 1.29 is 5.11 Å². The van der Waals surface area contributed by atoms with Gasteiger partial charge in [-0.3, -0.25) is 9.80 Å². The highest BCUT2D eigenvalue weighted by atomic mass is 79.9. The average Bonchev–Trinajstić information content (AvgIpc) is 2.44. The SMILES string of the molecule is NCC(c1ccc(Br)cc1)N1CCN(CCO)CC1. The van der Waals surface area contributed by atoms with E-state index in [0.29, 0.717) is 12.6 Å². The molecule has 1 aliphatic heterocycles. The van der Waals surface area contributed by atoms with Crippen LogP contribution in [0.4, 0.5) is 0 Å². The molecular weight excluding hydrogens is 306 g/mol. The van der Waals surface area contributed by atoms with Crippen molar-refractivity contribution in [2.24, 2.45) is 5.73 Å². The number of nitrogens with two attached hydrogens (primary N) is 1. The van der Waals surface area contributed by atoms with E-state index < -0.39 is 0 Å². The van der Waals surface area contributed by atoms with Gasteiger partial charge in [-0.1, -0.05) is 28.1 Å². The monoisotopic (exact) mass is 327 g/mol. The number of halogens is 1. The van der Waals surface area contributed by atoms with Gasteiger partial charge in [0.1, 0.15) is 0 Å². The van der Waals surface area contributed by atoms with Gasteiger partial charge in [0, 0.05) is 49.8 Å². The highest BCUT2D eigenvalue weighted by molar-refractivity contribution is 9.10. The Morgan fingerprint density at radius 1 is 1.16 bits per heavy atom. The van der Waals surface area contributed by atoms with Gasteiger partial charge in [-0.05, 0) is 17.7 Å². The normalized spacial score (nSPS) is 19.5. The predicted octanol–water partition coefficient (Wildman–Crippen LogP) is 1.06. The Morgan fingerprint density at radius 2 is 1.79 bits per heavy atom. The van der Waals surface area contributed by atoms with Gasteiger partial charge in [0.2, 0.25) is 0 Å².